The monoisotopic (exact) mass is 401 g/mol. The zero-order valence-corrected chi connectivity index (χ0v) is 16.7. The molecule has 3 rings (SSSR count). The summed E-state index contributed by atoms with van der Waals surface area (Å²) < 4.78 is 4.43. The van der Waals surface area contributed by atoms with Crippen molar-refractivity contribution < 1.29 is 19.4 Å². The Hall–Kier alpha value is -4.17. The van der Waals surface area contributed by atoms with Crippen molar-refractivity contribution in [1.82, 2.24) is 0 Å². The maximum atomic E-state index is 10.2. The van der Waals surface area contributed by atoms with Gasteiger partial charge in [-0.15, -0.1) is 0 Å². The average molecular weight is 401 g/mol. The number of carbonyl (C=O) groups is 2. The Bertz CT molecular complexity index is 960. The van der Waals surface area contributed by atoms with Crippen molar-refractivity contribution in [1.29, 1.82) is 5.26 Å². The van der Waals surface area contributed by atoms with Gasteiger partial charge in [-0.1, -0.05) is 67.2 Å². The van der Waals surface area contributed by atoms with Crippen LogP contribution in [0.4, 0.5) is 0 Å². The summed E-state index contributed by atoms with van der Waals surface area (Å²) in [6.07, 6.45) is 1.14. The number of carbonyl (C=O) groups excluding carboxylic acids is 1. The van der Waals surface area contributed by atoms with Crippen LogP contribution in [0.3, 0.4) is 0 Å². The zero-order valence-electron chi connectivity index (χ0n) is 16.7. The summed E-state index contributed by atoms with van der Waals surface area (Å²) in [5, 5.41) is 17.0. The minimum Gasteiger partial charge on any atom is -0.478 e. The van der Waals surface area contributed by atoms with E-state index in [1.165, 1.54) is 5.56 Å². The first kappa shape index (κ1) is 23.9. The van der Waals surface area contributed by atoms with Gasteiger partial charge in [0, 0.05) is 6.08 Å². The molecule has 5 heteroatoms. The van der Waals surface area contributed by atoms with E-state index in [0.29, 0.717) is 17.7 Å². The fourth-order valence-electron chi connectivity index (χ4n) is 2.15. The highest BCUT2D eigenvalue weighted by Gasteiger charge is 1.97. The van der Waals surface area contributed by atoms with Gasteiger partial charge in [-0.2, -0.15) is 5.26 Å². The van der Waals surface area contributed by atoms with Crippen molar-refractivity contribution in [2.45, 2.75) is 6.92 Å². The first-order chi connectivity index (χ1) is 14.5. The second-order valence-corrected chi connectivity index (χ2v) is 5.68. The lowest BCUT2D eigenvalue weighted by molar-refractivity contribution is -0.137. The number of nitriles is 1. The molecule has 0 aliphatic carbocycles. The third-order valence-corrected chi connectivity index (χ3v) is 3.60. The summed E-state index contributed by atoms with van der Waals surface area (Å²) in [4.78, 5) is 20.3. The molecule has 0 saturated carbocycles. The number of ether oxygens (including phenoxy) is 1. The van der Waals surface area contributed by atoms with Gasteiger partial charge in [0.1, 0.15) is 0 Å². The van der Waals surface area contributed by atoms with Gasteiger partial charge < -0.3 is 9.84 Å². The molecule has 0 spiro atoms. The smallest absolute Gasteiger partial charge is 0.335 e. The Balaban J connectivity index is 0.000000244. The van der Waals surface area contributed by atoms with E-state index in [4.69, 9.17) is 10.4 Å². The van der Waals surface area contributed by atoms with Gasteiger partial charge in [-0.05, 0) is 42.3 Å². The summed E-state index contributed by atoms with van der Waals surface area (Å²) in [6.45, 7) is 5.38. The molecule has 30 heavy (non-hydrogen) atoms. The van der Waals surface area contributed by atoms with Crippen molar-refractivity contribution in [3.63, 3.8) is 0 Å². The van der Waals surface area contributed by atoms with Crippen LogP contribution in [0.25, 0.3) is 11.1 Å². The highest BCUT2D eigenvalue weighted by Crippen LogP contribution is 2.18. The molecule has 0 aliphatic heterocycles. The molecular formula is C25H23NO4. The number of benzene rings is 3. The van der Waals surface area contributed by atoms with Gasteiger partial charge in [0.05, 0.1) is 23.8 Å². The van der Waals surface area contributed by atoms with E-state index in [1.54, 1.807) is 37.3 Å². The highest BCUT2D eigenvalue weighted by atomic mass is 16.5. The number of carboxylic acids is 1. The van der Waals surface area contributed by atoms with E-state index in [1.807, 2.05) is 42.5 Å². The molecule has 0 aromatic heterocycles. The van der Waals surface area contributed by atoms with E-state index in [0.717, 1.165) is 11.6 Å². The van der Waals surface area contributed by atoms with Crippen LogP contribution in [0, 0.1) is 11.3 Å². The van der Waals surface area contributed by atoms with Crippen LogP contribution < -0.4 is 0 Å². The Morgan fingerprint density at radius 3 is 1.80 bits per heavy atom. The Labute approximate surface area is 176 Å². The van der Waals surface area contributed by atoms with Crippen LogP contribution in [0.1, 0.15) is 22.8 Å². The number of hydrogen-bond acceptors (Lipinski definition) is 4. The lowest BCUT2D eigenvalue weighted by atomic mass is 10.0. The van der Waals surface area contributed by atoms with Gasteiger partial charge in [0.25, 0.3) is 0 Å². The number of aromatic carboxylic acids is 1. The van der Waals surface area contributed by atoms with Crippen LogP contribution >= 0.6 is 0 Å². The van der Waals surface area contributed by atoms with Crippen molar-refractivity contribution in [3.8, 4) is 17.2 Å². The van der Waals surface area contributed by atoms with E-state index in [-0.39, 0.29) is 5.97 Å². The SMILES string of the molecule is C=CC(=O)OCC.N#Cc1ccc(-c2ccccc2)cc1.O=C(O)c1ccccc1. The normalized spacial score (nSPS) is 8.80. The second-order valence-electron chi connectivity index (χ2n) is 5.68. The number of rotatable bonds is 4. The number of esters is 1. The van der Waals surface area contributed by atoms with Crippen LogP contribution in [-0.2, 0) is 9.53 Å². The van der Waals surface area contributed by atoms with E-state index < -0.39 is 5.97 Å². The average Bonchev–Trinajstić information content (AvgIpc) is 2.81. The molecule has 0 amide bonds. The molecular weight excluding hydrogens is 378 g/mol. The summed E-state index contributed by atoms with van der Waals surface area (Å²) in [7, 11) is 0. The van der Waals surface area contributed by atoms with E-state index in [9.17, 15) is 9.59 Å². The van der Waals surface area contributed by atoms with Gasteiger partial charge in [0.15, 0.2) is 0 Å². The van der Waals surface area contributed by atoms with E-state index in [2.05, 4.69) is 29.5 Å². The fraction of sp³-hybridized carbons (Fsp3) is 0.0800. The largest absolute Gasteiger partial charge is 0.478 e. The van der Waals surface area contributed by atoms with E-state index >= 15 is 0 Å². The maximum absolute atomic E-state index is 10.2. The Morgan fingerprint density at radius 2 is 1.43 bits per heavy atom. The minimum atomic E-state index is -0.879. The molecule has 3 aromatic rings. The van der Waals surface area contributed by atoms with Crippen LogP contribution in [0.15, 0.2) is 97.6 Å². The van der Waals surface area contributed by atoms with Gasteiger partial charge in [-0.3, -0.25) is 0 Å². The molecule has 0 saturated heterocycles. The molecule has 3 aromatic carbocycles. The zero-order chi connectivity index (χ0) is 22.2. The molecule has 152 valence electrons. The van der Waals surface area contributed by atoms with Gasteiger partial charge in [-0.25, -0.2) is 9.59 Å². The van der Waals surface area contributed by atoms with Crippen LogP contribution in [-0.4, -0.2) is 23.7 Å². The topological polar surface area (TPSA) is 87.4 Å². The predicted octanol–water partition coefficient (Wildman–Crippen LogP) is 5.35. The second kappa shape index (κ2) is 13.9. The molecule has 0 aliphatic rings. The quantitative estimate of drug-likeness (QED) is 0.471. The molecule has 0 radical (unpaired) electrons. The Morgan fingerprint density at radius 1 is 0.933 bits per heavy atom. The first-order valence-corrected chi connectivity index (χ1v) is 9.15. The third-order valence-electron chi connectivity index (χ3n) is 3.60. The Kier molecular flexibility index (Phi) is 11.1. The molecule has 0 heterocycles. The maximum Gasteiger partial charge on any atom is 0.335 e. The van der Waals surface area contributed by atoms with Gasteiger partial charge in [0.2, 0.25) is 0 Å². The number of hydrogen-bond donors (Lipinski definition) is 1. The lowest BCUT2D eigenvalue weighted by Crippen LogP contribution is -1.97. The molecule has 0 bridgehead atoms. The highest BCUT2D eigenvalue weighted by molar-refractivity contribution is 5.87. The third kappa shape index (κ3) is 9.16. The first-order valence-electron chi connectivity index (χ1n) is 9.15. The summed E-state index contributed by atoms with van der Waals surface area (Å²) in [5.41, 5.74) is 3.35. The van der Waals surface area contributed by atoms with Crippen LogP contribution in [0.5, 0.6) is 0 Å². The van der Waals surface area contributed by atoms with Crippen molar-refractivity contribution >= 4 is 11.9 Å². The summed E-state index contributed by atoms with van der Waals surface area (Å²) >= 11 is 0. The van der Waals surface area contributed by atoms with Crippen LogP contribution in [0.2, 0.25) is 0 Å². The van der Waals surface area contributed by atoms with Crippen molar-refractivity contribution in [2.24, 2.45) is 0 Å². The molecule has 0 atom stereocenters. The number of nitrogens with zero attached hydrogens (tertiary/aromatic N) is 1. The predicted molar refractivity (Wildman–Crippen MR) is 117 cm³/mol. The molecule has 0 unspecified atom stereocenters. The summed E-state index contributed by atoms with van der Waals surface area (Å²) in [5.74, 6) is -1.24. The number of carboxylic acid groups (broad SMARTS) is 1. The fourth-order valence-corrected chi connectivity index (χ4v) is 2.15. The molecule has 1 N–H and O–H groups in total. The standard InChI is InChI=1S/C13H9N.C7H6O2.C5H8O2/c14-10-11-6-8-13(9-7-11)12-4-2-1-3-5-12;8-7(9)6-4-2-1-3-5-6;1-3-5(6)7-4-2/h1-9H;1-5H,(H,8,9);3H,1,4H2,2H3. The minimum absolute atomic E-state index is 0.331. The summed E-state index contributed by atoms with van der Waals surface area (Å²) in [6, 6.07) is 28.1. The molecule has 5 nitrogen and oxygen atoms in total. The molecule has 0 fully saturated rings. The van der Waals surface area contributed by atoms with Crippen molar-refractivity contribution in [2.75, 3.05) is 6.61 Å². The lowest BCUT2D eigenvalue weighted by Gasteiger charge is -1.99. The van der Waals surface area contributed by atoms with Crippen molar-refractivity contribution in [3.05, 3.63) is 109 Å². The van der Waals surface area contributed by atoms with Gasteiger partial charge >= 0.3 is 11.9 Å².